The summed E-state index contributed by atoms with van der Waals surface area (Å²) in [6.07, 6.45) is -1.53. The molecule has 1 aliphatic heterocycles. The average molecular weight is 411 g/mol. The zero-order chi connectivity index (χ0) is 20.1. The number of nitrogens with zero attached hydrogens (tertiary/aromatic N) is 1. The second-order valence-electron chi connectivity index (χ2n) is 6.49. The highest BCUT2D eigenvalue weighted by atomic mass is 32.1. The summed E-state index contributed by atoms with van der Waals surface area (Å²) in [5.74, 6) is -0.979. The Bertz CT molecular complexity index is 831. The largest absolute Gasteiger partial charge is 0.416 e. The molecule has 1 aromatic heterocycles. The number of hydrogen-bond donors (Lipinski definition) is 2. The molecule has 0 unspecified atom stereocenters. The highest BCUT2D eigenvalue weighted by Crippen LogP contribution is 2.36. The minimum atomic E-state index is -4.51. The van der Waals surface area contributed by atoms with Gasteiger partial charge in [-0.25, -0.2) is 0 Å². The summed E-state index contributed by atoms with van der Waals surface area (Å²) in [7, 11) is 0. The lowest BCUT2D eigenvalue weighted by Gasteiger charge is -2.31. The topological polar surface area (TPSA) is 61.4 Å². The van der Waals surface area contributed by atoms with E-state index in [9.17, 15) is 22.8 Å². The van der Waals surface area contributed by atoms with E-state index in [2.05, 4.69) is 10.6 Å². The molecule has 1 aliphatic rings. The van der Waals surface area contributed by atoms with Crippen molar-refractivity contribution in [1.29, 1.82) is 0 Å². The number of thiophene rings is 1. The van der Waals surface area contributed by atoms with Gasteiger partial charge in [0.25, 0.3) is 5.91 Å². The van der Waals surface area contributed by atoms with Crippen LogP contribution in [-0.4, -0.2) is 31.4 Å². The first kappa shape index (κ1) is 20.2. The zero-order valence-electron chi connectivity index (χ0n) is 15.0. The van der Waals surface area contributed by atoms with Crippen molar-refractivity contribution in [3.8, 4) is 0 Å². The fraction of sp³-hybridized carbons (Fsp3) is 0.368. The number of rotatable bonds is 5. The van der Waals surface area contributed by atoms with E-state index in [1.165, 1.54) is 17.4 Å². The number of amides is 2. The maximum absolute atomic E-state index is 13.1. The van der Waals surface area contributed by atoms with Gasteiger partial charge in [-0.15, -0.1) is 11.3 Å². The Morgan fingerprint density at radius 2 is 1.86 bits per heavy atom. The summed E-state index contributed by atoms with van der Waals surface area (Å²) < 4.78 is 39.3. The molecule has 2 N–H and O–H groups in total. The number of nitrogens with one attached hydrogen (secondary N) is 2. The van der Waals surface area contributed by atoms with Crippen molar-refractivity contribution in [3.63, 3.8) is 0 Å². The third-order valence-corrected chi connectivity index (χ3v) is 5.32. The van der Waals surface area contributed by atoms with Crippen molar-refractivity contribution in [2.75, 3.05) is 29.9 Å². The Morgan fingerprint density at radius 1 is 1.11 bits per heavy atom. The van der Waals surface area contributed by atoms with Crippen molar-refractivity contribution in [1.82, 2.24) is 5.32 Å². The summed E-state index contributed by atoms with van der Waals surface area (Å²) in [5, 5.41) is 6.74. The molecule has 2 amide bonds. The van der Waals surface area contributed by atoms with Gasteiger partial charge in [0.05, 0.1) is 28.4 Å². The van der Waals surface area contributed by atoms with E-state index in [1.54, 1.807) is 17.5 Å². The fourth-order valence-electron chi connectivity index (χ4n) is 3.07. The summed E-state index contributed by atoms with van der Waals surface area (Å²) in [6.45, 7) is 1.12. The standard InChI is InChI=1S/C19H20F3N3O2S/c20-19(21,22)13-6-7-15(25-8-2-1-3-9-25)14(11-13)24-17(26)12-23-18(27)16-5-4-10-28-16/h4-7,10-11H,1-3,8-9,12H2,(H,23,27)(H,24,26). The van der Waals surface area contributed by atoms with Crippen molar-refractivity contribution < 1.29 is 22.8 Å². The quantitative estimate of drug-likeness (QED) is 0.778. The predicted octanol–water partition coefficient (Wildman–Crippen LogP) is 4.13. The van der Waals surface area contributed by atoms with Crippen molar-refractivity contribution in [3.05, 3.63) is 46.2 Å². The lowest BCUT2D eigenvalue weighted by molar-refractivity contribution is -0.137. The number of halogens is 3. The number of anilines is 2. The Morgan fingerprint density at radius 3 is 2.50 bits per heavy atom. The maximum Gasteiger partial charge on any atom is 0.416 e. The first-order chi connectivity index (χ1) is 13.3. The van der Waals surface area contributed by atoms with Gasteiger partial charge in [-0.1, -0.05) is 6.07 Å². The monoisotopic (exact) mass is 411 g/mol. The Kier molecular flexibility index (Phi) is 6.23. The van der Waals surface area contributed by atoms with Crippen LogP contribution in [-0.2, 0) is 11.0 Å². The molecule has 5 nitrogen and oxygen atoms in total. The number of carbonyl (C=O) groups excluding carboxylic acids is 2. The highest BCUT2D eigenvalue weighted by Gasteiger charge is 2.31. The van der Waals surface area contributed by atoms with Gasteiger partial charge in [0.1, 0.15) is 0 Å². The normalized spacial score (nSPS) is 14.6. The van der Waals surface area contributed by atoms with E-state index < -0.39 is 23.6 Å². The van der Waals surface area contributed by atoms with Crippen LogP contribution < -0.4 is 15.5 Å². The molecule has 28 heavy (non-hydrogen) atoms. The number of piperidine rings is 1. The van der Waals surface area contributed by atoms with E-state index in [0.29, 0.717) is 10.6 Å². The molecule has 150 valence electrons. The summed E-state index contributed by atoms with van der Waals surface area (Å²) in [6, 6.07) is 6.71. The van der Waals surface area contributed by atoms with E-state index >= 15 is 0 Å². The fourth-order valence-corrected chi connectivity index (χ4v) is 3.71. The molecule has 3 rings (SSSR count). The van der Waals surface area contributed by atoms with Gasteiger partial charge in [-0.2, -0.15) is 13.2 Å². The number of hydrogen-bond acceptors (Lipinski definition) is 4. The summed E-state index contributed by atoms with van der Waals surface area (Å²) in [5.41, 5.74) is -0.163. The van der Waals surface area contributed by atoms with Crippen LogP contribution in [0.2, 0.25) is 0 Å². The smallest absolute Gasteiger partial charge is 0.370 e. The van der Waals surface area contributed by atoms with Crippen LogP contribution in [0.3, 0.4) is 0 Å². The molecule has 2 aromatic rings. The number of benzene rings is 1. The van der Waals surface area contributed by atoms with Gasteiger partial charge >= 0.3 is 6.18 Å². The lowest BCUT2D eigenvalue weighted by Crippen LogP contribution is -2.34. The van der Waals surface area contributed by atoms with Crippen molar-refractivity contribution in [2.45, 2.75) is 25.4 Å². The second-order valence-corrected chi connectivity index (χ2v) is 7.43. The van der Waals surface area contributed by atoms with Crippen molar-refractivity contribution in [2.24, 2.45) is 0 Å². The molecule has 0 radical (unpaired) electrons. The minimum absolute atomic E-state index is 0.104. The van der Waals surface area contributed by atoms with Gasteiger partial charge < -0.3 is 15.5 Å². The summed E-state index contributed by atoms with van der Waals surface area (Å²) >= 11 is 1.24. The van der Waals surface area contributed by atoms with Crippen LogP contribution in [0.5, 0.6) is 0 Å². The minimum Gasteiger partial charge on any atom is -0.370 e. The molecular weight excluding hydrogens is 391 g/mol. The number of carbonyl (C=O) groups is 2. The maximum atomic E-state index is 13.1. The first-order valence-corrected chi connectivity index (χ1v) is 9.80. The lowest BCUT2D eigenvalue weighted by atomic mass is 10.1. The Balaban J connectivity index is 1.73. The van der Waals surface area contributed by atoms with Crippen LogP contribution in [0.1, 0.15) is 34.5 Å². The molecule has 0 spiro atoms. The number of alkyl halides is 3. The van der Waals surface area contributed by atoms with E-state index in [1.807, 2.05) is 4.90 Å². The Hall–Kier alpha value is -2.55. The molecule has 9 heteroatoms. The molecule has 0 bridgehead atoms. The van der Waals surface area contributed by atoms with Crippen LogP contribution in [0, 0.1) is 0 Å². The van der Waals surface area contributed by atoms with E-state index in [-0.39, 0.29) is 12.2 Å². The van der Waals surface area contributed by atoms with Crippen LogP contribution in [0.15, 0.2) is 35.7 Å². The van der Waals surface area contributed by atoms with Gasteiger partial charge in [0.15, 0.2) is 0 Å². The third kappa shape index (κ3) is 5.03. The van der Waals surface area contributed by atoms with Crippen LogP contribution in [0.25, 0.3) is 0 Å². The second kappa shape index (κ2) is 8.64. The Labute approximate surface area is 164 Å². The molecule has 0 saturated carbocycles. The SMILES string of the molecule is O=C(CNC(=O)c1cccs1)Nc1cc(C(F)(F)F)ccc1N1CCCCC1. The van der Waals surface area contributed by atoms with E-state index in [4.69, 9.17) is 0 Å². The molecule has 1 fully saturated rings. The zero-order valence-corrected chi connectivity index (χ0v) is 15.8. The molecule has 1 aromatic carbocycles. The van der Waals surface area contributed by atoms with Crippen LogP contribution >= 0.6 is 11.3 Å². The highest BCUT2D eigenvalue weighted by molar-refractivity contribution is 7.12. The molecule has 2 heterocycles. The van der Waals surface area contributed by atoms with Crippen LogP contribution in [0.4, 0.5) is 24.5 Å². The first-order valence-electron chi connectivity index (χ1n) is 8.92. The average Bonchev–Trinajstić information content (AvgIpc) is 3.21. The molecule has 1 saturated heterocycles. The predicted molar refractivity (Wildman–Crippen MR) is 103 cm³/mol. The van der Waals surface area contributed by atoms with Gasteiger partial charge in [0, 0.05) is 13.1 Å². The summed E-state index contributed by atoms with van der Waals surface area (Å²) in [4.78, 5) is 26.6. The molecule has 0 aliphatic carbocycles. The molecular formula is C19H20F3N3O2S. The van der Waals surface area contributed by atoms with Crippen molar-refractivity contribution >= 4 is 34.5 Å². The van der Waals surface area contributed by atoms with Gasteiger partial charge in [-0.05, 0) is 48.9 Å². The van der Waals surface area contributed by atoms with Gasteiger partial charge in [-0.3, -0.25) is 9.59 Å². The third-order valence-electron chi connectivity index (χ3n) is 4.45. The van der Waals surface area contributed by atoms with E-state index in [0.717, 1.165) is 44.5 Å². The molecule has 0 atom stereocenters. The van der Waals surface area contributed by atoms with Gasteiger partial charge in [0.2, 0.25) is 5.91 Å².